The first-order chi connectivity index (χ1) is 8.56. The van der Waals surface area contributed by atoms with E-state index in [1.165, 1.54) is 12.1 Å². The zero-order chi connectivity index (χ0) is 13.1. The fourth-order valence-electron chi connectivity index (χ4n) is 1.23. The van der Waals surface area contributed by atoms with Gasteiger partial charge in [0.2, 0.25) is 0 Å². The van der Waals surface area contributed by atoms with E-state index < -0.39 is 4.92 Å². The van der Waals surface area contributed by atoms with Crippen LogP contribution in [0.15, 0.2) is 44.2 Å². The molecule has 0 aliphatic carbocycles. The molecule has 18 heavy (non-hydrogen) atoms. The lowest BCUT2D eigenvalue weighted by Crippen LogP contribution is -1.85. The van der Waals surface area contributed by atoms with Crippen LogP contribution in [0.4, 0.5) is 11.4 Å². The summed E-state index contributed by atoms with van der Waals surface area (Å²) in [5, 5.41) is 10.5. The van der Waals surface area contributed by atoms with E-state index >= 15 is 0 Å². The Hall–Kier alpha value is -1.22. The van der Waals surface area contributed by atoms with Crippen molar-refractivity contribution in [3.63, 3.8) is 0 Å². The van der Waals surface area contributed by atoms with Crippen molar-refractivity contribution in [1.29, 1.82) is 0 Å². The number of nitro groups is 1. The molecule has 0 fully saturated rings. The summed E-state index contributed by atoms with van der Waals surface area (Å²) in [6, 6.07) is 7.79. The third kappa shape index (κ3) is 3.16. The van der Waals surface area contributed by atoms with Crippen LogP contribution >= 0.6 is 38.5 Å². The standard InChI is InChI=1S/C11H6BrIN2O3/c12-10-5-9(18-11(10)13)6-14-7-1-3-8(4-2-7)15(16)17/h1-6H. The third-order valence-electron chi connectivity index (χ3n) is 2.07. The van der Waals surface area contributed by atoms with Crippen LogP contribution in [0.3, 0.4) is 0 Å². The molecular weight excluding hydrogens is 415 g/mol. The van der Waals surface area contributed by atoms with E-state index in [2.05, 4.69) is 43.5 Å². The number of nitro benzene ring substituents is 1. The van der Waals surface area contributed by atoms with Crippen molar-refractivity contribution in [1.82, 2.24) is 0 Å². The Morgan fingerprint density at radius 1 is 1.39 bits per heavy atom. The smallest absolute Gasteiger partial charge is 0.269 e. The molecular formula is C11H6BrIN2O3. The van der Waals surface area contributed by atoms with Gasteiger partial charge in [0.25, 0.3) is 5.69 Å². The van der Waals surface area contributed by atoms with E-state index in [1.54, 1.807) is 24.4 Å². The van der Waals surface area contributed by atoms with Crippen LogP contribution in [-0.4, -0.2) is 11.1 Å². The van der Waals surface area contributed by atoms with Crippen molar-refractivity contribution in [2.24, 2.45) is 4.99 Å². The second-order valence-electron chi connectivity index (χ2n) is 3.30. The summed E-state index contributed by atoms with van der Waals surface area (Å²) in [6.45, 7) is 0. The third-order valence-corrected chi connectivity index (χ3v) is 4.20. The van der Waals surface area contributed by atoms with Crippen molar-refractivity contribution in [2.75, 3.05) is 0 Å². The summed E-state index contributed by atoms with van der Waals surface area (Å²) in [5.41, 5.74) is 0.673. The van der Waals surface area contributed by atoms with E-state index in [1.807, 2.05) is 0 Å². The molecule has 0 unspecified atom stereocenters. The second-order valence-corrected chi connectivity index (χ2v) is 5.14. The molecule has 0 aliphatic heterocycles. The normalized spacial score (nSPS) is 11.0. The maximum Gasteiger partial charge on any atom is 0.269 e. The highest BCUT2D eigenvalue weighted by Crippen LogP contribution is 2.23. The average molecular weight is 421 g/mol. The van der Waals surface area contributed by atoms with Gasteiger partial charge >= 0.3 is 0 Å². The van der Waals surface area contributed by atoms with Crippen LogP contribution in [0, 0.1) is 13.9 Å². The number of halogens is 2. The minimum absolute atomic E-state index is 0.0456. The molecule has 0 aliphatic rings. The molecule has 92 valence electrons. The number of aliphatic imine (C=N–C) groups is 1. The first-order valence-electron chi connectivity index (χ1n) is 4.79. The van der Waals surface area contributed by atoms with Crippen molar-refractivity contribution >= 4 is 56.1 Å². The lowest BCUT2D eigenvalue weighted by Gasteiger charge is -1.92. The van der Waals surface area contributed by atoms with Crippen molar-refractivity contribution < 1.29 is 9.34 Å². The monoisotopic (exact) mass is 420 g/mol. The quantitative estimate of drug-likeness (QED) is 0.321. The Bertz CT molecular complexity index is 588. The Morgan fingerprint density at radius 2 is 2.06 bits per heavy atom. The Kier molecular flexibility index (Phi) is 4.12. The van der Waals surface area contributed by atoms with Crippen LogP contribution < -0.4 is 0 Å². The molecule has 0 amide bonds. The molecule has 0 bridgehead atoms. The number of furan rings is 1. The molecule has 0 saturated heterocycles. The highest BCUT2D eigenvalue weighted by atomic mass is 127. The highest BCUT2D eigenvalue weighted by Gasteiger charge is 2.04. The van der Waals surface area contributed by atoms with Gasteiger partial charge in [0.15, 0.2) is 3.77 Å². The molecule has 0 radical (unpaired) electrons. The van der Waals surface area contributed by atoms with Gasteiger partial charge in [0.05, 0.1) is 21.3 Å². The summed E-state index contributed by atoms with van der Waals surface area (Å²) in [5.74, 6) is 0.615. The molecule has 1 aromatic carbocycles. The molecule has 2 aromatic rings. The number of hydrogen-bond donors (Lipinski definition) is 0. The number of non-ortho nitro benzene ring substituents is 1. The van der Waals surface area contributed by atoms with Crippen LogP contribution in [-0.2, 0) is 0 Å². The van der Waals surface area contributed by atoms with Gasteiger partial charge < -0.3 is 4.42 Å². The minimum Gasteiger partial charge on any atom is -0.448 e. The second kappa shape index (κ2) is 5.61. The molecule has 2 rings (SSSR count). The molecule has 0 spiro atoms. The van der Waals surface area contributed by atoms with Gasteiger partial charge in [-0.05, 0) is 28.1 Å². The molecule has 1 aromatic heterocycles. The van der Waals surface area contributed by atoms with Crippen molar-refractivity contribution in [3.8, 4) is 0 Å². The lowest BCUT2D eigenvalue weighted by atomic mass is 10.3. The van der Waals surface area contributed by atoms with Crippen LogP contribution in [0.1, 0.15) is 5.76 Å². The molecule has 0 saturated carbocycles. The summed E-state index contributed by atoms with van der Waals surface area (Å²) in [6.07, 6.45) is 1.56. The number of hydrogen-bond acceptors (Lipinski definition) is 4. The predicted molar refractivity (Wildman–Crippen MR) is 79.5 cm³/mol. The first kappa shape index (κ1) is 13.2. The molecule has 5 nitrogen and oxygen atoms in total. The van der Waals surface area contributed by atoms with Gasteiger partial charge in [-0.15, -0.1) is 0 Å². The predicted octanol–water partition coefficient (Wildman–Crippen LogP) is 4.31. The lowest BCUT2D eigenvalue weighted by molar-refractivity contribution is -0.384. The summed E-state index contributed by atoms with van der Waals surface area (Å²) in [7, 11) is 0. The maximum atomic E-state index is 10.5. The molecule has 0 atom stereocenters. The van der Waals surface area contributed by atoms with Crippen LogP contribution in [0.25, 0.3) is 0 Å². The van der Waals surface area contributed by atoms with Gasteiger partial charge in [0, 0.05) is 40.8 Å². The summed E-state index contributed by atoms with van der Waals surface area (Å²) < 4.78 is 7.00. The average Bonchev–Trinajstić information content (AvgIpc) is 2.67. The van der Waals surface area contributed by atoms with Gasteiger partial charge in [0.1, 0.15) is 5.76 Å². The van der Waals surface area contributed by atoms with E-state index in [-0.39, 0.29) is 5.69 Å². The van der Waals surface area contributed by atoms with E-state index in [0.29, 0.717) is 11.4 Å². The van der Waals surface area contributed by atoms with E-state index in [9.17, 15) is 10.1 Å². The Balaban J connectivity index is 2.16. The maximum absolute atomic E-state index is 10.5. The largest absolute Gasteiger partial charge is 0.448 e. The highest BCUT2D eigenvalue weighted by molar-refractivity contribution is 14.1. The SMILES string of the molecule is O=[N+]([O-])c1ccc(N=Cc2cc(Br)c(I)o2)cc1. The van der Waals surface area contributed by atoms with E-state index in [0.717, 1.165) is 8.24 Å². The van der Waals surface area contributed by atoms with Gasteiger partial charge in [-0.2, -0.15) is 0 Å². The van der Waals surface area contributed by atoms with Crippen molar-refractivity contribution in [3.05, 3.63) is 54.4 Å². The van der Waals surface area contributed by atoms with Crippen LogP contribution in [0.5, 0.6) is 0 Å². The first-order valence-corrected chi connectivity index (χ1v) is 6.67. The van der Waals surface area contributed by atoms with Gasteiger partial charge in [-0.25, -0.2) is 0 Å². The summed E-state index contributed by atoms with van der Waals surface area (Å²) >= 11 is 5.39. The van der Waals surface area contributed by atoms with Crippen molar-refractivity contribution in [2.45, 2.75) is 0 Å². The fraction of sp³-hybridized carbons (Fsp3) is 0. The number of nitrogens with zero attached hydrogens (tertiary/aromatic N) is 2. The zero-order valence-corrected chi connectivity index (χ0v) is 12.6. The van der Waals surface area contributed by atoms with E-state index in [4.69, 9.17) is 4.42 Å². The topological polar surface area (TPSA) is 68.6 Å². The Labute approximate surface area is 124 Å². The minimum atomic E-state index is -0.445. The van der Waals surface area contributed by atoms with Gasteiger partial charge in [-0.3, -0.25) is 15.1 Å². The fourth-order valence-corrected chi connectivity index (χ4v) is 1.94. The molecule has 7 heteroatoms. The van der Waals surface area contributed by atoms with Gasteiger partial charge in [-0.1, -0.05) is 0 Å². The molecule has 1 heterocycles. The molecule has 0 N–H and O–H groups in total. The Morgan fingerprint density at radius 3 is 2.56 bits per heavy atom. The number of rotatable bonds is 3. The van der Waals surface area contributed by atoms with Crippen LogP contribution in [0.2, 0.25) is 0 Å². The number of benzene rings is 1. The summed E-state index contributed by atoms with van der Waals surface area (Å²) in [4.78, 5) is 14.2. The zero-order valence-electron chi connectivity index (χ0n) is 8.84.